The Bertz CT molecular complexity index is 684. The predicted molar refractivity (Wildman–Crippen MR) is 69.1 cm³/mol. The maximum Gasteiger partial charge on any atom is 0.341 e. The van der Waals surface area contributed by atoms with Gasteiger partial charge >= 0.3 is 11.7 Å². The lowest BCUT2D eigenvalue weighted by atomic mass is 10.2. The van der Waals surface area contributed by atoms with Crippen molar-refractivity contribution in [1.29, 1.82) is 0 Å². The number of carboxylic acids is 1. The van der Waals surface area contributed by atoms with Crippen molar-refractivity contribution in [1.82, 2.24) is 4.98 Å². The summed E-state index contributed by atoms with van der Waals surface area (Å²) in [5, 5.41) is 19.9. The van der Waals surface area contributed by atoms with Gasteiger partial charge in [-0.05, 0) is 25.1 Å². The molecule has 20 heavy (non-hydrogen) atoms. The number of aryl methyl sites for hydroxylation is 1. The van der Waals surface area contributed by atoms with Crippen molar-refractivity contribution in [3.8, 4) is 11.6 Å². The Balaban J connectivity index is 2.47. The van der Waals surface area contributed by atoms with Crippen molar-refractivity contribution in [3.63, 3.8) is 0 Å². The van der Waals surface area contributed by atoms with E-state index < -0.39 is 10.9 Å². The summed E-state index contributed by atoms with van der Waals surface area (Å²) in [7, 11) is 0. The summed E-state index contributed by atoms with van der Waals surface area (Å²) in [5.41, 5.74) is 0.129. The van der Waals surface area contributed by atoms with Crippen LogP contribution >= 0.6 is 0 Å². The van der Waals surface area contributed by atoms with E-state index in [9.17, 15) is 14.9 Å². The summed E-state index contributed by atoms with van der Waals surface area (Å²) in [6, 6.07) is 8.56. The number of nitro groups is 1. The molecular weight excluding hydrogens is 264 g/mol. The first kappa shape index (κ1) is 13.5. The lowest BCUT2D eigenvalue weighted by Gasteiger charge is -2.08. The van der Waals surface area contributed by atoms with Crippen molar-refractivity contribution < 1.29 is 19.6 Å². The van der Waals surface area contributed by atoms with Crippen LogP contribution in [-0.2, 0) is 0 Å². The van der Waals surface area contributed by atoms with Crippen LogP contribution in [0.15, 0.2) is 36.4 Å². The van der Waals surface area contributed by atoms with Gasteiger partial charge in [0.05, 0.1) is 4.92 Å². The van der Waals surface area contributed by atoms with Crippen molar-refractivity contribution >= 4 is 11.7 Å². The Labute approximate surface area is 113 Å². The minimum absolute atomic E-state index is 0.0573. The van der Waals surface area contributed by atoms with E-state index in [2.05, 4.69) is 4.98 Å². The van der Waals surface area contributed by atoms with Gasteiger partial charge in [0, 0.05) is 11.8 Å². The Kier molecular flexibility index (Phi) is 3.60. The van der Waals surface area contributed by atoms with Crippen molar-refractivity contribution in [2.75, 3.05) is 0 Å². The average molecular weight is 274 g/mol. The van der Waals surface area contributed by atoms with E-state index in [1.807, 2.05) is 0 Å². The van der Waals surface area contributed by atoms with Gasteiger partial charge in [-0.2, -0.15) is 0 Å². The number of carbonyl (C=O) groups is 1. The maximum absolute atomic E-state index is 11.1. The molecule has 0 saturated carbocycles. The number of hydrogen-bond donors (Lipinski definition) is 1. The quantitative estimate of drug-likeness (QED) is 0.679. The largest absolute Gasteiger partial charge is 0.477 e. The zero-order chi connectivity index (χ0) is 14.7. The molecule has 1 aromatic carbocycles. The van der Waals surface area contributed by atoms with Crippen LogP contribution in [0.2, 0.25) is 0 Å². The van der Waals surface area contributed by atoms with Gasteiger partial charge in [-0.25, -0.2) is 9.78 Å². The van der Waals surface area contributed by atoms with E-state index in [0.717, 1.165) is 0 Å². The van der Waals surface area contributed by atoms with E-state index >= 15 is 0 Å². The van der Waals surface area contributed by atoms with Crippen LogP contribution in [0.3, 0.4) is 0 Å². The number of aromatic carboxylic acids is 1. The third kappa shape index (κ3) is 2.72. The van der Waals surface area contributed by atoms with Crippen LogP contribution in [0.1, 0.15) is 16.1 Å². The minimum Gasteiger partial charge on any atom is -0.477 e. The number of benzene rings is 1. The van der Waals surface area contributed by atoms with Gasteiger partial charge in [-0.15, -0.1) is 0 Å². The summed E-state index contributed by atoms with van der Waals surface area (Å²) in [5.74, 6) is -1.45. The first-order valence-corrected chi connectivity index (χ1v) is 5.61. The lowest BCUT2D eigenvalue weighted by molar-refractivity contribution is -0.385. The highest BCUT2D eigenvalue weighted by atomic mass is 16.6. The second-order valence-corrected chi connectivity index (χ2v) is 3.94. The number of ether oxygens (including phenoxy) is 1. The molecule has 0 unspecified atom stereocenters. The summed E-state index contributed by atoms with van der Waals surface area (Å²) in [6.07, 6.45) is 0. The SMILES string of the molecule is Cc1ccc(C(=O)O)c(Oc2ccccc2[N+](=O)[O-])n1. The molecule has 0 radical (unpaired) electrons. The minimum atomic E-state index is -1.22. The normalized spacial score (nSPS) is 10.1. The third-order valence-corrected chi connectivity index (χ3v) is 2.50. The number of nitro benzene ring substituents is 1. The molecule has 0 fully saturated rings. The smallest absolute Gasteiger partial charge is 0.341 e. The van der Waals surface area contributed by atoms with E-state index in [1.54, 1.807) is 13.0 Å². The summed E-state index contributed by atoms with van der Waals surface area (Å²) < 4.78 is 5.31. The number of rotatable bonds is 4. The molecular formula is C13H10N2O5. The number of aromatic nitrogens is 1. The van der Waals surface area contributed by atoms with Gasteiger partial charge in [0.25, 0.3) is 0 Å². The van der Waals surface area contributed by atoms with Gasteiger partial charge in [0.2, 0.25) is 11.6 Å². The predicted octanol–water partition coefficient (Wildman–Crippen LogP) is 2.79. The van der Waals surface area contributed by atoms with Gasteiger partial charge in [-0.1, -0.05) is 12.1 Å². The second-order valence-electron chi connectivity index (χ2n) is 3.94. The summed E-state index contributed by atoms with van der Waals surface area (Å²) in [6.45, 7) is 1.66. The average Bonchev–Trinajstić information content (AvgIpc) is 2.38. The fraction of sp³-hybridized carbons (Fsp3) is 0.0769. The van der Waals surface area contributed by atoms with Gasteiger partial charge in [0.15, 0.2) is 0 Å². The van der Waals surface area contributed by atoms with Crippen LogP contribution in [0.5, 0.6) is 11.6 Å². The molecule has 102 valence electrons. The molecule has 1 N–H and O–H groups in total. The lowest BCUT2D eigenvalue weighted by Crippen LogP contribution is -2.03. The highest BCUT2D eigenvalue weighted by Gasteiger charge is 2.19. The van der Waals surface area contributed by atoms with Crippen LogP contribution < -0.4 is 4.74 Å². The maximum atomic E-state index is 11.1. The van der Waals surface area contributed by atoms with Crippen LogP contribution in [0, 0.1) is 17.0 Å². The molecule has 0 amide bonds. The first-order chi connectivity index (χ1) is 9.49. The van der Waals surface area contributed by atoms with Crippen molar-refractivity contribution in [2.45, 2.75) is 6.92 Å². The first-order valence-electron chi connectivity index (χ1n) is 5.61. The van der Waals surface area contributed by atoms with E-state index in [4.69, 9.17) is 9.84 Å². The number of hydrogen-bond acceptors (Lipinski definition) is 5. The molecule has 2 aromatic rings. The molecule has 0 spiro atoms. The molecule has 0 atom stereocenters. The zero-order valence-electron chi connectivity index (χ0n) is 10.4. The van der Waals surface area contributed by atoms with Crippen LogP contribution in [0.4, 0.5) is 5.69 Å². The number of nitrogens with zero attached hydrogens (tertiary/aromatic N) is 2. The number of para-hydroxylation sites is 2. The third-order valence-electron chi connectivity index (χ3n) is 2.50. The van der Waals surface area contributed by atoms with E-state index in [1.165, 1.54) is 30.3 Å². The number of carboxylic acid groups (broad SMARTS) is 1. The van der Waals surface area contributed by atoms with Crippen LogP contribution in [-0.4, -0.2) is 21.0 Å². The topological polar surface area (TPSA) is 103 Å². The molecule has 0 aliphatic carbocycles. The van der Waals surface area contributed by atoms with Gasteiger partial charge in [-0.3, -0.25) is 10.1 Å². The zero-order valence-corrected chi connectivity index (χ0v) is 10.4. The van der Waals surface area contributed by atoms with E-state index in [-0.39, 0.29) is 22.9 Å². The van der Waals surface area contributed by atoms with Crippen molar-refractivity contribution in [2.24, 2.45) is 0 Å². The monoisotopic (exact) mass is 274 g/mol. The second kappa shape index (κ2) is 5.35. The summed E-state index contributed by atoms with van der Waals surface area (Å²) >= 11 is 0. The fourth-order valence-electron chi connectivity index (χ4n) is 1.57. The molecule has 1 aromatic heterocycles. The Morgan fingerprint density at radius 3 is 2.65 bits per heavy atom. The van der Waals surface area contributed by atoms with Gasteiger partial charge in [0.1, 0.15) is 5.56 Å². The summed E-state index contributed by atoms with van der Waals surface area (Å²) in [4.78, 5) is 25.3. The molecule has 0 bridgehead atoms. The Morgan fingerprint density at radius 1 is 1.30 bits per heavy atom. The molecule has 7 heteroatoms. The van der Waals surface area contributed by atoms with Crippen molar-refractivity contribution in [3.05, 3.63) is 57.8 Å². The van der Waals surface area contributed by atoms with Gasteiger partial charge < -0.3 is 9.84 Å². The molecule has 0 saturated heterocycles. The highest BCUT2D eigenvalue weighted by Crippen LogP contribution is 2.31. The Hall–Kier alpha value is -2.96. The molecule has 0 aliphatic rings. The Morgan fingerprint density at radius 2 is 2.00 bits per heavy atom. The van der Waals surface area contributed by atoms with E-state index in [0.29, 0.717) is 5.69 Å². The fourth-order valence-corrected chi connectivity index (χ4v) is 1.57. The molecule has 0 aliphatic heterocycles. The standard InChI is InChI=1S/C13H10N2O5/c1-8-6-7-9(13(16)17)12(14-8)20-11-5-3-2-4-10(11)15(18)19/h2-7H,1H3,(H,16,17). The molecule has 7 nitrogen and oxygen atoms in total. The number of pyridine rings is 1. The highest BCUT2D eigenvalue weighted by molar-refractivity contribution is 5.90. The van der Waals surface area contributed by atoms with Crippen LogP contribution in [0.25, 0.3) is 0 Å². The molecule has 2 rings (SSSR count). The molecule has 1 heterocycles.